The number of nitrogens with one attached hydrogen (secondary N) is 1. The molecule has 0 spiro atoms. The van der Waals surface area contributed by atoms with E-state index in [1.54, 1.807) is 0 Å². The standard InChI is InChI=1S/C19H28N2O/c1-14(12-16-8-4-3-5-9-16)20-19(22)18-13-17-10-6-7-11-21(17)15(18)2/h3-5,8-9,14-15,17-18H,6-7,10-13H2,1-2H3,(H,20,22). The summed E-state index contributed by atoms with van der Waals surface area (Å²) in [4.78, 5) is 15.2. The molecule has 3 heteroatoms. The van der Waals surface area contributed by atoms with E-state index in [-0.39, 0.29) is 17.9 Å². The maximum absolute atomic E-state index is 12.7. The van der Waals surface area contributed by atoms with Gasteiger partial charge in [-0.15, -0.1) is 0 Å². The smallest absolute Gasteiger partial charge is 0.224 e. The van der Waals surface area contributed by atoms with Crippen LogP contribution in [-0.4, -0.2) is 35.5 Å². The summed E-state index contributed by atoms with van der Waals surface area (Å²) in [6.45, 7) is 5.52. The van der Waals surface area contributed by atoms with Gasteiger partial charge in [0.05, 0.1) is 5.92 Å². The van der Waals surface area contributed by atoms with Crippen LogP contribution in [0.2, 0.25) is 0 Å². The van der Waals surface area contributed by atoms with Crippen LogP contribution in [0.15, 0.2) is 30.3 Å². The lowest BCUT2D eigenvalue weighted by atomic mass is 9.96. The number of hydrogen-bond acceptors (Lipinski definition) is 2. The fraction of sp³-hybridized carbons (Fsp3) is 0.632. The Labute approximate surface area is 134 Å². The Balaban J connectivity index is 1.55. The summed E-state index contributed by atoms with van der Waals surface area (Å²) in [5, 5.41) is 3.24. The summed E-state index contributed by atoms with van der Waals surface area (Å²) < 4.78 is 0. The molecule has 2 heterocycles. The van der Waals surface area contributed by atoms with Gasteiger partial charge in [0.15, 0.2) is 0 Å². The fourth-order valence-electron chi connectivity index (χ4n) is 4.23. The van der Waals surface area contributed by atoms with Crippen LogP contribution in [0.4, 0.5) is 0 Å². The largest absolute Gasteiger partial charge is 0.353 e. The maximum atomic E-state index is 12.7. The third-order valence-electron chi connectivity index (χ3n) is 5.41. The van der Waals surface area contributed by atoms with Gasteiger partial charge in [-0.2, -0.15) is 0 Å². The molecule has 1 N–H and O–H groups in total. The van der Waals surface area contributed by atoms with Gasteiger partial charge in [-0.25, -0.2) is 0 Å². The van der Waals surface area contributed by atoms with Crippen LogP contribution >= 0.6 is 0 Å². The van der Waals surface area contributed by atoms with E-state index >= 15 is 0 Å². The van der Waals surface area contributed by atoms with Gasteiger partial charge in [0.2, 0.25) is 5.91 Å². The number of rotatable bonds is 4. The normalized spacial score (nSPS) is 29.8. The number of fused-ring (bicyclic) bond motifs is 1. The molecule has 0 aliphatic carbocycles. The Bertz CT molecular complexity index is 501. The predicted molar refractivity (Wildman–Crippen MR) is 89.7 cm³/mol. The molecule has 0 radical (unpaired) electrons. The van der Waals surface area contributed by atoms with Crippen LogP contribution in [0.1, 0.15) is 45.1 Å². The molecule has 1 aromatic carbocycles. The molecule has 3 rings (SSSR count). The molecular formula is C19H28N2O. The average molecular weight is 300 g/mol. The molecule has 2 fully saturated rings. The van der Waals surface area contributed by atoms with Gasteiger partial charge in [-0.1, -0.05) is 36.8 Å². The van der Waals surface area contributed by atoms with E-state index in [1.807, 2.05) is 6.07 Å². The Morgan fingerprint density at radius 1 is 1.32 bits per heavy atom. The molecule has 0 saturated carbocycles. The molecule has 0 bridgehead atoms. The van der Waals surface area contributed by atoms with Gasteiger partial charge in [-0.3, -0.25) is 9.69 Å². The van der Waals surface area contributed by atoms with Gasteiger partial charge in [0.25, 0.3) is 0 Å². The van der Waals surface area contributed by atoms with Gasteiger partial charge in [0.1, 0.15) is 0 Å². The fourth-order valence-corrected chi connectivity index (χ4v) is 4.23. The highest BCUT2D eigenvalue weighted by Crippen LogP contribution is 2.35. The zero-order valence-electron chi connectivity index (χ0n) is 13.8. The highest BCUT2D eigenvalue weighted by molar-refractivity contribution is 5.80. The van der Waals surface area contributed by atoms with Crippen LogP contribution in [0.3, 0.4) is 0 Å². The van der Waals surface area contributed by atoms with Crippen molar-refractivity contribution < 1.29 is 4.79 Å². The van der Waals surface area contributed by atoms with E-state index in [1.165, 1.54) is 31.4 Å². The van der Waals surface area contributed by atoms with Gasteiger partial charge < -0.3 is 5.32 Å². The first kappa shape index (κ1) is 15.5. The number of benzene rings is 1. The maximum Gasteiger partial charge on any atom is 0.224 e. The second kappa shape index (κ2) is 6.82. The third kappa shape index (κ3) is 3.35. The van der Waals surface area contributed by atoms with E-state index < -0.39 is 0 Å². The highest BCUT2D eigenvalue weighted by atomic mass is 16.2. The molecule has 2 aliphatic heterocycles. The van der Waals surface area contributed by atoms with Gasteiger partial charge in [0, 0.05) is 18.1 Å². The predicted octanol–water partition coefficient (Wildman–Crippen LogP) is 3.00. The monoisotopic (exact) mass is 300 g/mol. The van der Waals surface area contributed by atoms with Crippen molar-refractivity contribution in [1.82, 2.24) is 10.2 Å². The molecule has 3 nitrogen and oxygen atoms in total. The summed E-state index contributed by atoms with van der Waals surface area (Å²) >= 11 is 0. The van der Waals surface area contributed by atoms with E-state index in [9.17, 15) is 4.79 Å². The van der Waals surface area contributed by atoms with E-state index in [4.69, 9.17) is 0 Å². The van der Waals surface area contributed by atoms with Crippen LogP contribution in [-0.2, 0) is 11.2 Å². The quantitative estimate of drug-likeness (QED) is 0.927. The number of hydrogen-bond donors (Lipinski definition) is 1. The van der Waals surface area contributed by atoms with Crippen molar-refractivity contribution >= 4 is 5.91 Å². The van der Waals surface area contributed by atoms with Crippen molar-refractivity contribution in [2.75, 3.05) is 6.54 Å². The third-order valence-corrected chi connectivity index (χ3v) is 5.41. The van der Waals surface area contributed by atoms with Crippen LogP contribution in [0.5, 0.6) is 0 Å². The first-order chi connectivity index (χ1) is 10.6. The second-order valence-electron chi connectivity index (χ2n) is 7.07. The lowest BCUT2D eigenvalue weighted by Crippen LogP contribution is -2.44. The van der Waals surface area contributed by atoms with Crippen LogP contribution in [0.25, 0.3) is 0 Å². The summed E-state index contributed by atoms with van der Waals surface area (Å²) in [5.41, 5.74) is 1.28. The summed E-state index contributed by atoms with van der Waals surface area (Å²) in [5.74, 6) is 0.423. The molecule has 2 aliphatic rings. The molecule has 120 valence electrons. The Hall–Kier alpha value is -1.35. The van der Waals surface area contributed by atoms with E-state index in [2.05, 4.69) is 48.3 Å². The molecule has 1 amide bonds. The Kier molecular flexibility index (Phi) is 4.82. The minimum absolute atomic E-state index is 0.168. The second-order valence-corrected chi connectivity index (χ2v) is 7.07. The van der Waals surface area contributed by atoms with Gasteiger partial charge >= 0.3 is 0 Å². The summed E-state index contributed by atoms with van der Waals surface area (Å²) in [6, 6.07) is 11.6. The SMILES string of the molecule is CC(Cc1ccccc1)NC(=O)C1CC2CCCCN2C1C. The Morgan fingerprint density at radius 2 is 2.09 bits per heavy atom. The summed E-state index contributed by atoms with van der Waals surface area (Å²) in [7, 11) is 0. The zero-order valence-corrected chi connectivity index (χ0v) is 13.8. The van der Waals surface area contributed by atoms with Crippen molar-refractivity contribution in [3.05, 3.63) is 35.9 Å². The van der Waals surface area contributed by atoms with Crippen molar-refractivity contribution in [2.24, 2.45) is 5.92 Å². The van der Waals surface area contributed by atoms with Crippen molar-refractivity contribution in [2.45, 2.75) is 64.1 Å². The molecule has 2 saturated heterocycles. The number of carbonyl (C=O) groups excluding carboxylic acids is 1. The summed E-state index contributed by atoms with van der Waals surface area (Å²) in [6.07, 6.45) is 5.84. The van der Waals surface area contributed by atoms with Crippen molar-refractivity contribution in [3.8, 4) is 0 Å². The number of nitrogens with zero attached hydrogens (tertiary/aromatic N) is 1. The minimum atomic E-state index is 0.168. The Morgan fingerprint density at radius 3 is 2.82 bits per heavy atom. The highest BCUT2D eigenvalue weighted by Gasteiger charge is 2.42. The zero-order chi connectivity index (χ0) is 15.5. The van der Waals surface area contributed by atoms with Gasteiger partial charge in [-0.05, 0) is 51.6 Å². The molecular weight excluding hydrogens is 272 g/mol. The number of carbonyl (C=O) groups is 1. The first-order valence-corrected chi connectivity index (χ1v) is 8.75. The molecule has 1 aromatic rings. The van der Waals surface area contributed by atoms with Crippen LogP contribution < -0.4 is 5.32 Å². The molecule has 22 heavy (non-hydrogen) atoms. The first-order valence-electron chi connectivity index (χ1n) is 8.75. The molecule has 4 atom stereocenters. The lowest BCUT2D eigenvalue weighted by Gasteiger charge is -2.32. The number of amides is 1. The van der Waals surface area contributed by atoms with Crippen LogP contribution in [0, 0.1) is 5.92 Å². The molecule has 4 unspecified atom stereocenters. The minimum Gasteiger partial charge on any atom is -0.353 e. The van der Waals surface area contributed by atoms with E-state index in [0.29, 0.717) is 12.1 Å². The van der Waals surface area contributed by atoms with Crippen molar-refractivity contribution in [3.63, 3.8) is 0 Å². The van der Waals surface area contributed by atoms with E-state index in [0.717, 1.165) is 12.8 Å². The average Bonchev–Trinajstić information content (AvgIpc) is 2.86. The van der Waals surface area contributed by atoms with Crippen molar-refractivity contribution in [1.29, 1.82) is 0 Å². The lowest BCUT2D eigenvalue weighted by molar-refractivity contribution is -0.126. The topological polar surface area (TPSA) is 32.3 Å². The molecule has 0 aromatic heterocycles. The number of piperidine rings is 1.